The van der Waals surface area contributed by atoms with E-state index < -0.39 is 17.7 Å². The Morgan fingerprint density at radius 1 is 0.394 bits per heavy atom. The summed E-state index contributed by atoms with van der Waals surface area (Å²) >= 11 is 1.96. The molecular formula is C67H41BN2S. The van der Waals surface area contributed by atoms with Crippen LogP contribution < -0.4 is 25.5 Å². The molecule has 2 aliphatic heterocycles. The predicted octanol–water partition coefficient (Wildman–Crippen LogP) is 14.8. The summed E-state index contributed by atoms with van der Waals surface area (Å²) in [5.74, 6) is 0. The monoisotopic (exact) mass is 919 g/mol. The largest absolute Gasteiger partial charge is 0.311 e. The number of para-hydroxylation sites is 2. The Morgan fingerprint density at radius 2 is 0.817 bits per heavy atom. The Morgan fingerprint density at radius 3 is 1.34 bits per heavy atom. The zero-order valence-corrected chi connectivity index (χ0v) is 39.1. The molecule has 1 aromatic heterocycles. The Labute approximate surface area is 421 Å². The van der Waals surface area contributed by atoms with E-state index in [4.69, 9.17) is 0 Å². The molecular weight excluding hydrogens is 876 g/mol. The molecule has 0 amide bonds. The highest BCUT2D eigenvalue weighted by Crippen LogP contribution is 2.68. The maximum absolute atomic E-state index is 9.22. The summed E-state index contributed by atoms with van der Waals surface area (Å²) in [5.41, 5.74) is 26.4. The van der Waals surface area contributed by atoms with Crippen molar-refractivity contribution >= 4 is 67.9 Å². The van der Waals surface area contributed by atoms with Crippen LogP contribution in [0, 0.1) is 6.85 Å². The first-order chi connectivity index (χ1) is 36.4. The van der Waals surface area contributed by atoms with Crippen molar-refractivity contribution in [1.82, 2.24) is 0 Å². The zero-order valence-electron chi connectivity index (χ0n) is 41.3. The molecule has 0 saturated heterocycles. The van der Waals surface area contributed by atoms with Crippen molar-refractivity contribution in [3.8, 4) is 44.5 Å². The molecule has 0 fully saturated rings. The molecule has 6 aliphatic rings. The minimum absolute atomic E-state index is 0.251. The highest BCUT2D eigenvalue weighted by atomic mass is 32.1. The summed E-state index contributed by atoms with van der Waals surface area (Å²) in [7, 11) is 0. The lowest BCUT2D eigenvalue weighted by Crippen LogP contribution is -2.60. The van der Waals surface area contributed by atoms with E-state index in [0.717, 1.165) is 39.6 Å². The number of hydrogen-bond acceptors (Lipinski definition) is 3. The molecule has 4 heteroatoms. The number of anilines is 6. The van der Waals surface area contributed by atoms with Crippen molar-refractivity contribution in [3.05, 3.63) is 280 Å². The highest BCUT2D eigenvalue weighted by Gasteiger charge is 2.58. The third kappa shape index (κ3) is 4.45. The van der Waals surface area contributed by atoms with Crippen LogP contribution in [0.3, 0.4) is 0 Å². The number of fused-ring (bicyclic) bond motifs is 25. The van der Waals surface area contributed by atoms with Crippen LogP contribution in [0.5, 0.6) is 0 Å². The topological polar surface area (TPSA) is 6.48 Å². The molecule has 0 bridgehead atoms. The molecule has 4 aliphatic carbocycles. The van der Waals surface area contributed by atoms with Gasteiger partial charge in [0.25, 0.3) is 6.71 Å². The second kappa shape index (κ2) is 13.5. The molecule has 2 nitrogen and oxygen atoms in total. The van der Waals surface area contributed by atoms with Gasteiger partial charge in [-0.15, -0.1) is 11.3 Å². The summed E-state index contributed by atoms with van der Waals surface area (Å²) in [4.78, 5) is 6.12. The molecule has 2 spiro atoms. The van der Waals surface area contributed by atoms with Crippen molar-refractivity contribution in [1.29, 1.82) is 0 Å². The quantitative estimate of drug-likeness (QED) is 0.159. The van der Waals surface area contributed by atoms with Crippen LogP contribution >= 0.6 is 11.3 Å². The summed E-state index contributed by atoms with van der Waals surface area (Å²) in [6.07, 6.45) is 0. The van der Waals surface area contributed by atoms with E-state index in [1.807, 2.05) is 23.5 Å². The van der Waals surface area contributed by atoms with Crippen LogP contribution in [0.4, 0.5) is 34.1 Å². The lowest BCUT2D eigenvalue weighted by Gasteiger charge is -2.44. The molecule has 10 aromatic carbocycles. The fourth-order valence-electron chi connectivity index (χ4n) is 14.5. The number of benzene rings is 10. The second-order valence-corrected chi connectivity index (χ2v) is 21.0. The number of aryl methyl sites for hydroxylation is 1. The molecule has 0 atom stereocenters. The SMILES string of the molecule is [2H]C([2H])([2H])c1cc2c3c(c1)N(c1ccccc1)c1c(sc4c1-c1ccccc1C41c4ccccc4-c4ccccc41)B3c1cc3c(cc1N2c1ccccc1)C1(c2ccccc2-c2ccccc21)c1ccccc1-3. The van der Waals surface area contributed by atoms with E-state index in [1.54, 1.807) is 0 Å². The van der Waals surface area contributed by atoms with Crippen molar-refractivity contribution in [2.75, 3.05) is 9.80 Å². The average Bonchev–Trinajstić information content (AvgIpc) is 4.29. The summed E-state index contributed by atoms with van der Waals surface area (Å²) in [5, 5.41) is 0. The third-order valence-corrected chi connectivity index (χ3v) is 18.3. The summed E-state index contributed by atoms with van der Waals surface area (Å²) < 4.78 is 28.9. The number of nitrogens with zero attached hydrogens (tertiary/aromatic N) is 2. The van der Waals surface area contributed by atoms with Crippen LogP contribution in [-0.4, -0.2) is 6.71 Å². The van der Waals surface area contributed by atoms with Gasteiger partial charge in [0.15, 0.2) is 0 Å². The first-order valence-corrected chi connectivity index (χ1v) is 25.5. The minimum Gasteiger partial charge on any atom is -0.311 e. The second-order valence-electron chi connectivity index (χ2n) is 20.0. The van der Waals surface area contributed by atoms with Gasteiger partial charge in [-0.05, 0) is 144 Å². The molecule has 71 heavy (non-hydrogen) atoms. The van der Waals surface area contributed by atoms with Crippen LogP contribution in [0.15, 0.2) is 231 Å². The number of thiophene rings is 1. The molecule has 0 radical (unpaired) electrons. The van der Waals surface area contributed by atoms with E-state index in [2.05, 4.69) is 228 Å². The average molecular weight is 920 g/mol. The van der Waals surface area contributed by atoms with E-state index >= 15 is 0 Å². The van der Waals surface area contributed by atoms with Gasteiger partial charge < -0.3 is 9.80 Å². The number of hydrogen-bond donors (Lipinski definition) is 0. The van der Waals surface area contributed by atoms with E-state index in [1.165, 1.54) is 98.6 Å². The van der Waals surface area contributed by atoms with E-state index in [9.17, 15) is 4.11 Å². The molecule has 17 rings (SSSR count). The van der Waals surface area contributed by atoms with Crippen LogP contribution in [0.2, 0.25) is 0 Å². The Kier molecular flexibility index (Phi) is 6.75. The van der Waals surface area contributed by atoms with Crippen LogP contribution in [0.25, 0.3) is 44.5 Å². The summed E-state index contributed by atoms with van der Waals surface area (Å²) in [6.45, 7) is -2.66. The van der Waals surface area contributed by atoms with Gasteiger partial charge >= 0.3 is 0 Å². The lowest BCUT2D eigenvalue weighted by molar-refractivity contribution is 0.794. The Hall–Kier alpha value is -8.44. The van der Waals surface area contributed by atoms with Gasteiger partial charge in [-0.1, -0.05) is 188 Å². The van der Waals surface area contributed by atoms with E-state index in [-0.39, 0.29) is 6.71 Å². The van der Waals surface area contributed by atoms with E-state index in [0.29, 0.717) is 5.56 Å². The lowest BCUT2D eigenvalue weighted by atomic mass is 9.36. The highest BCUT2D eigenvalue weighted by molar-refractivity contribution is 7.30. The standard InChI is InChI=1S/C67H41BN2S/c1-40-36-59-62-60(37-40)70(42-22-6-3-7-23-42)63-61-48-29-13-19-35-55(48)67(53-33-17-10-26-45(53)46-27-11-18-34-54(46)67)64(61)71-65(63)68(62)57-38-49-47-28-12-16-32-52(47)66(56(49)39-58(57)69(59)41-20-4-2-5-21-41)50-30-14-8-24-43(50)44-25-9-15-31-51(44)66/h2-39H,1H3/i1D3. The zero-order chi connectivity index (χ0) is 48.8. The van der Waals surface area contributed by atoms with Gasteiger partial charge in [0.05, 0.1) is 16.5 Å². The van der Waals surface area contributed by atoms with Crippen molar-refractivity contribution in [3.63, 3.8) is 0 Å². The maximum atomic E-state index is 9.22. The molecule has 3 heterocycles. The first-order valence-electron chi connectivity index (χ1n) is 26.2. The predicted molar refractivity (Wildman–Crippen MR) is 296 cm³/mol. The normalized spacial score (nSPS) is 16.1. The van der Waals surface area contributed by atoms with Gasteiger partial charge in [0.1, 0.15) is 0 Å². The van der Waals surface area contributed by atoms with Crippen molar-refractivity contribution < 1.29 is 4.11 Å². The van der Waals surface area contributed by atoms with Crippen molar-refractivity contribution in [2.45, 2.75) is 17.7 Å². The van der Waals surface area contributed by atoms with Gasteiger partial charge in [0, 0.05) is 47.8 Å². The van der Waals surface area contributed by atoms with Gasteiger partial charge in [-0.25, -0.2) is 0 Å². The summed E-state index contributed by atoms with van der Waals surface area (Å²) in [6, 6.07) is 84.5. The maximum Gasteiger partial charge on any atom is 0.264 e. The molecule has 0 N–H and O–H groups in total. The first kappa shape index (κ1) is 35.6. The van der Waals surface area contributed by atoms with Gasteiger partial charge in [-0.3, -0.25) is 0 Å². The van der Waals surface area contributed by atoms with Crippen LogP contribution in [-0.2, 0) is 10.8 Å². The van der Waals surface area contributed by atoms with Gasteiger partial charge in [0.2, 0.25) is 0 Å². The number of rotatable bonds is 2. The fourth-order valence-corrected chi connectivity index (χ4v) is 16.2. The third-order valence-electron chi connectivity index (χ3n) is 16.9. The molecule has 11 aromatic rings. The Bertz CT molecular complexity index is 4200. The fraction of sp³-hybridized carbons (Fsp3) is 0.0448. The van der Waals surface area contributed by atoms with Crippen LogP contribution in [0.1, 0.15) is 53.5 Å². The molecule has 0 unspecified atom stereocenters. The molecule has 328 valence electrons. The smallest absolute Gasteiger partial charge is 0.264 e. The Balaban J connectivity index is 1.05. The van der Waals surface area contributed by atoms with Crippen molar-refractivity contribution in [2.24, 2.45) is 0 Å². The van der Waals surface area contributed by atoms with Gasteiger partial charge in [-0.2, -0.15) is 0 Å². The minimum atomic E-state index is -2.41. The molecule has 0 saturated carbocycles.